The minimum Gasteiger partial charge on any atom is -0.507 e. The van der Waals surface area contributed by atoms with E-state index in [-0.39, 0.29) is 22.4 Å². The van der Waals surface area contributed by atoms with Crippen LogP contribution in [0.4, 0.5) is 0 Å². The van der Waals surface area contributed by atoms with Gasteiger partial charge in [0.15, 0.2) is 5.78 Å². The van der Waals surface area contributed by atoms with Crippen molar-refractivity contribution in [1.82, 2.24) is 4.57 Å². The summed E-state index contributed by atoms with van der Waals surface area (Å²) >= 11 is 3.28. The predicted octanol–water partition coefficient (Wildman–Crippen LogP) is 4.75. The molecule has 0 aliphatic carbocycles. The molecule has 0 bridgehead atoms. The standard InChI is InChI=1S/C23H19BrN2O3/c1-2-3-4-15-5-8-19(9-6-15)26-14-17(11-16(13-25)23(26)29)22(28)20-12-18(24)7-10-21(20)27/h5-12,14,27H,2-4H2,1H3. The van der Waals surface area contributed by atoms with Crippen molar-refractivity contribution in [2.24, 2.45) is 0 Å². The van der Waals surface area contributed by atoms with Crippen LogP contribution in [-0.4, -0.2) is 15.5 Å². The number of phenols is 1. The molecule has 3 rings (SSSR count). The number of rotatable bonds is 6. The molecule has 29 heavy (non-hydrogen) atoms. The van der Waals surface area contributed by atoms with Gasteiger partial charge in [-0.05, 0) is 54.8 Å². The van der Waals surface area contributed by atoms with Gasteiger partial charge in [-0.25, -0.2) is 0 Å². The molecule has 0 atom stereocenters. The van der Waals surface area contributed by atoms with Crippen LogP contribution in [0, 0.1) is 11.3 Å². The number of unbranched alkanes of at least 4 members (excludes halogenated alkanes) is 1. The highest BCUT2D eigenvalue weighted by atomic mass is 79.9. The van der Waals surface area contributed by atoms with Crippen LogP contribution in [0.5, 0.6) is 5.75 Å². The minimum absolute atomic E-state index is 0.0865. The SMILES string of the molecule is CCCCc1ccc(-n2cc(C(=O)c3cc(Br)ccc3O)cc(C#N)c2=O)cc1. The quantitative estimate of drug-likeness (QED) is 0.549. The highest BCUT2D eigenvalue weighted by Gasteiger charge is 2.18. The van der Waals surface area contributed by atoms with Gasteiger partial charge < -0.3 is 5.11 Å². The van der Waals surface area contributed by atoms with E-state index < -0.39 is 11.3 Å². The number of nitriles is 1. The van der Waals surface area contributed by atoms with Crippen LogP contribution in [0.1, 0.15) is 46.8 Å². The molecule has 5 nitrogen and oxygen atoms in total. The van der Waals surface area contributed by atoms with Gasteiger partial charge in [0.25, 0.3) is 5.56 Å². The number of benzene rings is 2. The summed E-state index contributed by atoms with van der Waals surface area (Å²) in [5.74, 6) is -0.650. The second kappa shape index (κ2) is 8.89. The molecular weight excluding hydrogens is 432 g/mol. The number of hydrogen-bond donors (Lipinski definition) is 1. The first-order valence-corrected chi connectivity index (χ1v) is 10.0. The molecule has 0 aliphatic rings. The Labute approximate surface area is 177 Å². The number of pyridine rings is 1. The number of aromatic hydroxyl groups is 1. The summed E-state index contributed by atoms with van der Waals surface area (Å²) < 4.78 is 1.93. The van der Waals surface area contributed by atoms with E-state index in [2.05, 4.69) is 22.9 Å². The lowest BCUT2D eigenvalue weighted by Crippen LogP contribution is -2.22. The molecule has 1 heterocycles. The monoisotopic (exact) mass is 450 g/mol. The number of aromatic nitrogens is 1. The maximum atomic E-state index is 12.9. The Kier molecular flexibility index (Phi) is 6.30. The van der Waals surface area contributed by atoms with E-state index in [1.165, 1.54) is 29.0 Å². The number of nitrogens with zero attached hydrogens (tertiary/aromatic N) is 2. The van der Waals surface area contributed by atoms with Gasteiger partial charge in [0.2, 0.25) is 0 Å². The molecule has 0 saturated heterocycles. The van der Waals surface area contributed by atoms with E-state index in [1.807, 2.05) is 18.2 Å². The largest absolute Gasteiger partial charge is 0.507 e. The molecule has 0 radical (unpaired) electrons. The van der Waals surface area contributed by atoms with Gasteiger partial charge in [-0.15, -0.1) is 0 Å². The lowest BCUT2D eigenvalue weighted by atomic mass is 10.0. The third-order valence-electron chi connectivity index (χ3n) is 4.64. The third kappa shape index (κ3) is 4.47. The van der Waals surface area contributed by atoms with Crippen molar-refractivity contribution in [3.05, 3.63) is 91.8 Å². The second-order valence-electron chi connectivity index (χ2n) is 6.69. The lowest BCUT2D eigenvalue weighted by molar-refractivity contribution is 0.103. The molecule has 1 N–H and O–H groups in total. The van der Waals surface area contributed by atoms with E-state index >= 15 is 0 Å². The Hall–Kier alpha value is -3.17. The van der Waals surface area contributed by atoms with Crippen molar-refractivity contribution in [3.8, 4) is 17.5 Å². The van der Waals surface area contributed by atoms with Gasteiger partial charge in [0.05, 0.1) is 5.56 Å². The summed E-state index contributed by atoms with van der Waals surface area (Å²) in [6.07, 6.45) is 4.54. The van der Waals surface area contributed by atoms with Crippen molar-refractivity contribution in [1.29, 1.82) is 5.26 Å². The number of phenolic OH excluding ortho intramolecular Hbond substituents is 1. The molecule has 0 unspecified atom stereocenters. The summed E-state index contributed by atoms with van der Waals surface area (Å²) in [4.78, 5) is 25.6. The molecule has 2 aromatic carbocycles. The minimum atomic E-state index is -0.496. The Morgan fingerprint density at radius 1 is 1.17 bits per heavy atom. The summed E-state index contributed by atoms with van der Waals surface area (Å²) in [7, 11) is 0. The molecule has 0 saturated carbocycles. The normalized spacial score (nSPS) is 10.5. The molecule has 0 fully saturated rings. The van der Waals surface area contributed by atoms with Gasteiger partial charge >= 0.3 is 0 Å². The number of ketones is 1. The van der Waals surface area contributed by atoms with Crippen LogP contribution in [-0.2, 0) is 6.42 Å². The fourth-order valence-corrected chi connectivity index (χ4v) is 3.39. The Bertz CT molecular complexity index is 1160. The topological polar surface area (TPSA) is 83.1 Å². The first kappa shape index (κ1) is 20.6. The second-order valence-corrected chi connectivity index (χ2v) is 7.61. The summed E-state index contributed by atoms with van der Waals surface area (Å²) in [6, 6.07) is 15.1. The van der Waals surface area contributed by atoms with Crippen LogP contribution in [0.15, 0.2) is 64.0 Å². The van der Waals surface area contributed by atoms with Crippen LogP contribution >= 0.6 is 15.9 Å². The molecule has 0 aliphatic heterocycles. The molecular formula is C23H19BrN2O3. The zero-order valence-corrected chi connectivity index (χ0v) is 17.4. The Morgan fingerprint density at radius 3 is 2.55 bits per heavy atom. The number of aryl methyl sites for hydroxylation is 1. The summed E-state index contributed by atoms with van der Waals surface area (Å²) in [5.41, 5.74) is 1.33. The van der Waals surface area contributed by atoms with E-state index in [9.17, 15) is 20.0 Å². The van der Waals surface area contributed by atoms with Gasteiger partial charge in [-0.3, -0.25) is 14.2 Å². The van der Waals surface area contributed by atoms with Crippen LogP contribution < -0.4 is 5.56 Å². The number of halogens is 1. The van der Waals surface area contributed by atoms with Gasteiger partial charge in [-0.1, -0.05) is 41.4 Å². The number of carbonyl (C=O) groups excluding carboxylic acids is 1. The first-order valence-electron chi connectivity index (χ1n) is 9.24. The van der Waals surface area contributed by atoms with Crippen molar-refractivity contribution >= 4 is 21.7 Å². The van der Waals surface area contributed by atoms with Gasteiger partial charge in [0, 0.05) is 21.9 Å². The van der Waals surface area contributed by atoms with Crippen molar-refractivity contribution in [2.75, 3.05) is 0 Å². The first-order chi connectivity index (χ1) is 13.9. The number of carbonyl (C=O) groups is 1. The van der Waals surface area contributed by atoms with Crippen molar-refractivity contribution in [3.63, 3.8) is 0 Å². The van der Waals surface area contributed by atoms with Crippen LogP contribution in [0.25, 0.3) is 5.69 Å². The van der Waals surface area contributed by atoms with E-state index in [4.69, 9.17) is 0 Å². The summed E-state index contributed by atoms with van der Waals surface area (Å²) in [5, 5.41) is 19.4. The highest BCUT2D eigenvalue weighted by molar-refractivity contribution is 9.10. The average molecular weight is 451 g/mol. The van der Waals surface area contributed by atoms with E-state index in [0.29, 0.717) is 10.2 Å². The zero-order chi connectivity index (χ0) is 21.0. The van der Waals surface area contributed by atoms with Crippen LogP contribution in [0.3, 0.4) is 0 Å². The van der Waals surface area contributed by atoms with Crippen molar-refractivity contribution in [2.45, 2.75) is 26.2 Å². The molecule has 6 heteroatoms. The molecule has 0 amide bonds. The highest BCUT2D eigenvalue weighted by Crippen LogP contribution is 2.25. The van der Waals surface area contributed by atoms with Crippen molar-refractivity contribution < 1.29 is 9.90 Å². The van der Waals surface area contributed by atoms with Crippen LogP contribution in [0.2, 0.25) is 0 Å². The lowest BCUT2D eigenvalue weighted by Gasteiger charge is -2.11. The van der Waals surface area contributed by atoms with E-state index in [1.54, 1.807) is 18.2 Å². The zero-order valence-electron chi connectivity index (χ0n) is 15.9. The average Bonchev–Trinajstić information content (AvgIpc) is 2.74. The predicted molar refractivity (Wildman–Crippen MR) is 115 cm³/mol. The van der Waals surface area contributed by atoms with Gasteiger partial charge in [0.1, 0.15) is 17.4 Å². The maximum absolute atomic E-state index is 12.9. The van der Waals surface area contributed by atoms with Gasteiger partial charge in [-0.2, -0.15) is 5.26 Å². The van der Waals surface area contributed by atoms with E-state index in [0.717, 1.165) is 24.8 Å². The fourth-order valence-electron chi connectivity index (χ4n) is 3.03. The third-order valence-corrected chi connectivity index (χ3v) is 5.13. The smallest absolute Gasteiger partial charge is 0.273 e. The Balaban J connectivity index is 2.08. The fraction of sp³-hybridized carbons (Fsp3) is 0.174. The maximum Gasteiger partial charge on any atom is 0.273 e. The molecule has 1 aromatic heterocycles. The molecule has 0 spiro atoms. The summed E-state index contributed by atoms with van der Waals surface area (Å²) in [6.45, 7) is 2.13. The molecule has 3 aromatic rings. The number of hydrogen-bond acceptors (Lipinski definition) is 4. The Morgan fingerprint density at radius 2 is 1.90 bits per heavy atom. The molecule has 146 valence electrons.